The molecule has 0 aliphatic heterocycles. The van der Waals surface area contributed by atoms with E-state index in [-0.39, 0.29) is 5.78 Å². The second kappa shape index (κ2) is 1.91. The summed E-state index contributed by atoms with van der Waals surface area (Å²) in [7, 11) is 0. The van der Waals surface area contributed by atoms with E-state index >= 15 is 0 Å². The van der Waals surface area contributed by atoms with Crippen molar-refractivity contribution in [2.24, 2.45) is 0 Å². The maximum Gasteiger partial charge on any atom is 0.158 e. The van der Waals surface area contributed by atoms with E-state index in [4.69, 9.17) is 0 Å². The molecule has 0 fully saturated rings. The van der Waals surface area contributed by atoms with Gasteiger partial charge in [0, 0.05) is 0 Å². The van der Waals surface area contributed by atoms with Crippen LogP contribution in [0.2, 0.25) is 0 Å². The monoisotopic (exact) mass is 60.0 g/mol. The Kier molecular flexibility index (Phi) is 1.76. The SMILES string of the molecule is CC(=O)C[3O]. The lowest BCUT2D eigenvalue weighted by Crippen LogP contribution is -1.91. The van der Waals surface area contributed by atoms with Gasteiger partial charge in [0.15, 0.2) is 5.78 Å². The van der Waals surface area contributed by atoms with Gasteiger partial charge in [-0.25, -0.2) is 5.11 Å². The van der Waals surface area contributed by atoms with Crippen molar-refractivity contribution in [1.82, 2.24) is 0 Å². The molecule has 0 unspecified atom stereocenters. The van der Waals surface area contributed by atoms with Crippen molar-refractivity contribution in [2.45, 2.75) is 6.92 Å². The molecule has 0 aromatic heterocycles. The zero-order valence-corrected chi connectivity index (χ0v) is 3.02. The molecule has 1 radical (unpaired) electrons. The van der Waals surface area contributed by atoms with Gasteiger partial charge in [0.2, 0.25) is 0 Å². The largest absolute Gasteiger partial charge is 0.297 e. The third-order valence-corrected chi connectivity index (χ3v) is 0.203. The molecule has 0 rings (SSSR count). The Morgan fingerprint density at radius 3 is 2.20 bits per heavy atom. The van der Waals surface area contributed by atoms with Crippen LogP contribution in [0.1, 0.15) is 6.92 Å². The van der Waals surface area contributed by atoms with Crippen LogP contribution in [0.15, 0.2) is 0 Å². The number of hydrogen-bond acceptors (Lipinski definition) is 1. The van der Waals surface area contributed by atoms with Crippen LogP contribution in [0.4, 0.5) is 0 Å². The first-order valence-electron chi connectivity index (χ1n) is 1.35. The van der Waals surface area contributed by atoms with Crippen LogP contribution in [-0.4, -0.2) is 12.4 Å². The molecule has 0 aromatic carbocycles. The molecule has 0 aliphatic carbocycles. The molecular formula is C3H5O2. The number of carbonyl (C=O) groups excluding carboxylic acids is 1. The van der Waals surface area contributed by atoms with Crippen LogP contribution in [0.5, 0.6) is 0 Å². The average Bonchev–Trinajstić information content (AvgIpc) is 1.38. The minimum atomic E-state index is -0.583. The molecule has 0 bridgehead atoms. The summed E-state index contributed by atoms with van der Waals surface area (Å²) in [4.78, 5) is 9.50. The fourth-order valence-electron chi connectivity index (χ4n) is 0. The van der Waals surface area contributed by atoms with Gasteiger partial charge >= 0.3 is 0 Å². The number of carbonyl (C=O) groups is 1. The predicted molar refractivity (Wildman–Crippen MR) is 16.2 cm³/mol. The molecule has 29 valence electrons. The minimum absolute atomic E-state index is 0.301. The summed E-state index contributed by atoms with van der Waals surface area (Å²) < 4.78 is 0. The van der Waals surface area contributed by atoms with Crippen LogP contribution < -0.4 is 0 Å². The fourth-order valence-corrected chi connectivity index (χ4v) is 0. The van der Waals surface area contributed by atoms with Crippen molar-refractivity contribution in [1.29, 1.82) is 0 Å². The highest BCUT2D eigenvalue weighted by Gasteiger charge is 1.81. The zero-order valence-electron chi connectivity index (χ0n) is 3.02. The summed E-state index contributed by atoms with van der Waals surface area (Å²) in [6.07, 6.45) is 0. The van der Waals surface area contributed by atoms with Crippen molar-refractivity contribution < 1.29 is 9.90 Å². The molecule has 0 amide bonds. The summed E-state index contributed by atoms with van der Waals surface area (Å²) in [5.74, 6) is -0.301. The van der Waals surface area contributed by atoms with Crippen LogP contribution in [0.25, 0.3) is 0 Å². The summed E-state index contributed by atoms with van der Waals surface area (Å²) in [6.45, 7) is 0.687. The van der Waals surface area contributed by atoms with Crippen molar-refractivity contribution in [3.63, 3.8) is 0 Å². The third-order valence-electron chi connectivity index (χ3n) is 0.203. The molecule has 0 saturated heterocycles. The molecule has 0 N–H and O–H groups in total. The van der Waals surface area contributed by atoms with Gasteiger partial charge in [0.05, 0.1) is 0 Å². The first-order chi connectivity index (χ1) is 2.27. The lowest BCUT2D eigenvalue weighted by Gasteiger charge is -1.68. The number of rotatable bonds is 1. The lowest BCUT2D eigenvalue weighted by molar-refractivity contribution is -0.121. The van der Waals surface area contributed by atoms with Gasteiger partial charge in [-0.2, -0.15) is 0 Å². The summed E-state index contributed by atoms with van der Waals surface area (Å²) in [5, 5.41) is 9.28. The van der Waals surface area contributed by atoms with E-state index in [9.17, 15) is 9.90 Å². The Labute approximate surface area is 30.4 Å². The maximum atomic E-state index is 9.50. The topological polar surface area (TPSA) is 37.0 Å². The predicted octanol–water partition coefficient (Wildman–Crippen LogP) is 0.00590. The van der Waals surface area contributed by atoms with Crippen LogP contribution >= 0.6 is 0 Å². The van der Waals surface area contributed by atoms with Gasteiger partial charge in [0.1, 0.15) is 6.61 Å². The highest BCUT2D eigenvalue weighted by atomic mass is 16.1. The second-order valence-electron chi connectivity index (χ2n) is 0.846. The maximum absolute atomic E-state index is 9.50. The number of ketones is 1. The number of Topliss-reactive ketones (excluding diaryl/α,β-unsaturated/α-hetero) is 1. The third kappa shape index (κ3) is 3.63. The molecule has 0 heterocycles. The molecule has 0 saturated carbocycles. The van der Waals surface area contributed by atoms with E-state index in [0.717, 1.165) is 0 Å². The minimum Gasteiger partial charge on any atom is -0.297 e. The van der Waals surface area contributed by atoms with E-state index in [1.54, 1.807) is 0 Å². The van der Waals surface area contributed by atoms with Crippen LogP contribution in [0, 0.1) is 0 Å². The van der Waals surface area contributed by atoms with Crippen LogP contribution in [0.3, 0.4) is 0 Å². The van der Waals surface area contributed by atoms with Crippen molar-refractivity contribution >= 4 is 5.78 Å². The van der Waals surface area contributed by atoms with E-state index in [1.165, 1.54) is 6.92 Å². The van der Waals surface area contributed by atoms with E-state index in [1.807, 2.05) is 0 Å². The second-order valence-corrected chi connectivity index (χ2v) is 0.846. The molecule has 0 aromatic rings. The fraction of sp³-hybridized carbons (Fsp3) is 0.667. The summed E-state index contributed by atoms with van der Waals surface area (Å²) >= 11 is 0. The first kappa shape index (κ1) is 4.63. The van der Waals surface area contributed by atoms with E-state index in [0.29, 0.717) is 0 Å². The molecule has 2 nitrogen and oxygen atoms in total. The lowest BCUT2D eigenvalue weighted by atomic mass is 2.89. The van der Waals surface area contributed by atoms with Gasteiger partial charge in [-0.3, -0.25) is 4.79 Å². The Balaban J connectivity index is 2.85. The van der Waals surface area contributed by atoms with Crippen molar-refractivity contribution in [3.8, 4) is 0 Å². The first-order valence-corrected chi connectivity index (χ1v) is 1.35. The zero-order chi connectivity index (χ0) is 4.28. The van der Waals surface area contributed by atoms with Gasteiger partial charge in [-0.15, -0.1) is 0 Å². The highest BCUT2D eigenvalue weighted by Crippen LogP contribution is 1.57. The van der Waals surface area contributed by atoms with E-state index < -0.39 is 6.61 Å². The van der Waals surface area contributed by atoms with Crippen molar-refractivity contribution in [3.05, 3.63) is 0 Å². The van der Waals surface area contributed by atoms with Gasteiger partial charge in [-0.1, -0.05) is 0 Å². The standard InChI is InChI=1S/C3H5O2/c1-3(5)2-4/h2H2,1H3/i4-13. The van der Waals surface area contributed by atoms with E-state index in [2.05, 4.69) is 0 Å². The van der Waals surface area contributed by atoms with Crippen molar-refractivity contribution in [2.75, 3.05) is 6.61 Å². The average molecular weight is 60.1 g/mol. The van der Waals surface area contributed by atoms with Crippen LogP contribution in [-0.2, 0) is 9.90 Å². The molecule has 0 atom stereocenters. The Hall–Kier alpha value is -0.370. The quantitative estimate of drug-likeness (QED) is 0.420. The number of hydrogen-bond donors (Lipinski definition) is 0. The molecule has 5 heavy (non-hydrogen) atoms. The molecule has 0 aliphatic rings. The molecule has 2 heteroatoms. The normalized spacial score (nSPS) is 7.60. The highest BCUT2D eigenvalue weighted by molar-refractivity contribution is 5.76. The Morgan fingerprint density at radius 1 is 2.00 bits per heavy atom. The molecule has 0 spiro atoms. The van der Waals surface area contributed by atoms with Gasteiger partial charge < -0.3 is 0 Å². The Morgan fingerprint density at radius 2 is 2.20 bits per heavy atom. The van der Waals surface area contributed by atoms with Gasteiger partial charge in [-0.05, 0) is 6.92 Å². The summed E-state index contributed by atoms with van der Waals surface area (Å²) in [6, 6.07) is 0. The Bertz CT molecular complexity index is 40.2. The van der Waals surface area contributed by atoms with Gasteiger partial charge in [0.25, 0.3) is 0 Å². The smallest absolute Gasteiger partial charge is 0.158 e. The summed E-state index contributed by atoms with van der Waals surface area (Å²) in [5.41, 5.74) is 0. The molecular weight excluding hydrogens is 55.0 g/mol.